The van der Waals surface area contributed by atoms with Crippen molar-refractivity contribution < 1.29 is 17.9 Å². The number of carbonyl (C=O) groups excluding carboxylic acids is 1. The number of nitrogens with zero attached hydrogens (tertiary/aromatic N) is 2. The molecule has 0 aliphatic carbocycles. The highest BCUT2D eigenvalue weighted by atomic mass is 32.2. The quantitative estimate of drug-likeness (QED) is 0.299. The number of methoxy groups -OCH3 is 1. The van der Waals surface area contributed by atoms with Crippen molar-refractivity contribution in [1.29, 1.82) is 0 Å². The first kappa shape index (κ1) is 21.9. The van der Waals surface area contributed by atoms with Crippen LogP contribution in [0.1, 0.15) is 12.0 Å². The summed E-state index contributed by atoms with van der Waals surface area (Å²) < 4.78 is 27.5. The molecule has 1 amide bonds. The minimum absolute atomic E-state index is 0.0536. The van der Waals surface area contributed by atoms with Crippen LogP contribution in [0.3, 0.4) is 0 Å². The zero-order valence-electron chi connectivity index (χ0n) is 15.4. The van der Waals surface area contributed by atoms with Crippen molar-refractivity contribution >= 4 is 21.9 Å². The van der Waals surface area contributed by atoms with Gasteiger partial charge in [0.2, 0.25) is 15.9 Å². The second-order valence-electron chi connectivity index (χ2n) is 5.77. The molecule has 9 nitrogen and oxygen atoms in total. The molecule has 1 aromatic rings. The number of likely N-dealkylation sites (N-methyl/N-ethyl adjacent to an activating group) is 1. The summed E-state index contributed by atoms with van der Waals surface area (Å²) in [6.07, 6.45) is 0.794. The Bertz CT molecular complexity index is 702. The maximum absolute atomic E-state index is 11.7. The highest BCUT2D eigenvalue weighted by Gasteiger charge is 2.08. The summed E-state index contributed by atoms with van der Waals surface area (Å²) in [5, 5.41) is 11.2. The van der Waals surface area contributed by atoms with Crippen LogP contribution in [0.2, 0.25) is 0 Å². The molecule has 26 heavy (non-hydrogen) atoms. The van der Waals surface area contributed by atoms with Crippen LogP contribution in [0.4, 0.5) is 0 Å². The smallest absolute Gasteiger partial charge is 0.241 e. The molecule has 0 aliphatic rings. The first-order valence-electron chi connectivity index (χ1n) is 8.07. The lowest BCUT2D eigenvalue weighted by Gasteiger charge is -2.15. The number of benzene rings is 1. The number of sulfonamides is 1. The summed E-state index contributed by atoms with van der Waals surface area (Å²) in [7, 11) is 1.28. The van der Waals surface area contributed by atoms with Gasteiger partial charge in [-0.05, 0) is 24.1 Å². The molecular formula is C16H27N5O4S. The van der Waals surface area contributed by atoms with Crippen molar-refractivity contribution in [2.75, 3.05) is 40.9 Å². The molecule has 0 unspecified atom stereocenters. The second kappa shape index (κ2) is 10.7. The van der Waals surface area contributed by atoms with Gasteiger partial charge in [0.05, 0.1) is 18.0 Å². The van der Waals surface area contributed by atoms with Crippen molar-refractivity contribution in [1.82, 2.24) is 15.5 Å². The zero-order chi connectivity index (χ0) is 19.6. The third-order valence-electron chi connectivity index (χ3n) is 3.40. The number of amides is 1. The topological polar surface area (TPSA) is 126 Å². The summed E-state index contributed by atoms with van der Waals surface area (Å²) in [5.74, 6) is 0.417. The van der Waals surface area contributed by atoms with Crippen LogP contribution in [0.25, 0.3) is 0 Å². The molecule has 0 heterocycles. The molecule has 146 valence electrons. The number of carbonyl (C=O) groups is 1. The van der Waals surface area contributed by atoms with Crippen molar-refractivity contribution in [2.45, 2.75) is 17.9 Å². The highest BCUT2D eigenvalue weighted by molar-refractivity contribution is 7.89. The van der Waals surface area contributed by atoms with Gasteiger partial charge in [-0.2, -0.15) is 0 Å². The SMILES string of the molecule is COCCCNC(=NCc1ccc(S(N)(=O)=O)cc1)NCC(=O)N(C)C. The van der Waals surface area contributed by atoms with Crippen LogP contribution < -0.4 is 15.8 Å². The Morgan fingerprint density at radius 3 is 2.42 bits per heavy atom. The third-order valence-corrected chi connectivity index (χ3v) is 4.32. The van der Waals surface area contributed by atoms with Crippen LogP contribution in [0, 0.1) is 0 Å². The van der Waals surface area contributed by atoms with Gasteiger partial charge in [0.1, 0.15) is 0 Å². The molecule has 1 aromatic carbocycles. The lowest BCUT2D eigenvalue weighted by atomic mass is 10.2. The average Bonchev–Trinajstić information content (AvgIpc) is 2.59. The molecule has 10 heteroatoms. The maximum atomic E-state index is 11.7. The van der Waals surface area contributed by atoms with E-state index >= 15 is 0 Å². The number of ether oxygens (including phenoxy) is 1. The first-order chi connectivity index (χ1) is 12.2. The molecular weight excluding hydrogens is 358 g/mol. The van der Waals surface area contributed by atoms with Gasteiger partial charge in [-0.25, -0.2) is 18.5 Å². The number of primary sulfonamides is 1. The Labute approximate surface area is 154 Å². The minimum Gasteiger partial charge on any atom is -0.385 e. The van der Waals surface area contributed by atoms with Gasteiger partial charge >= 0.3 is 0 Å². The number of hydrogen-bond donors (Lipinski definition) is 3. The van der Waals surface area contributed by atoms with Crippen LogP contribution in [-0.4, -0.2) is 66.1 Å². The number of hydrogen-bond acceptors (Lipinski definition) is 5. The number of guanidine groups is 1. The largest absolute Gasteiger partial charge is 0.385 e. The fourth-order valence-electron chi connectivity index (χ4n) is 1.87. The molecule has 0 bridgehead atoms. The van der Waals surface area contributed by atoms with Crippen molar-refractivity contribution in [2.24, 2.45) is 10.1 Å². The summed E-state index contributed by atoms with van der Waals surface area (Å²) in [5.41, 5.74) is 0.814. The Morgan fingerprint density at radius 2 is 1.88 bits per heavy atom. The van der Waals surface area contributed by atoms with E-state index in [9.17, 15) is 13.2 Å². The van der Waals surface area contributed by atoms with E-state index in [2.05, 4.69) is 15.6 Å². The van der Waals surface area contributed by atoms with Crippen molar-refractivity contribution in [3.8, 4) is 0 Å². The van der Waals surface area contributed by atoms with Gasteiger partial charge in [0, 0.05) is 34.4 Å². The summed E-state index contributed by atoms with van der Waals surface area (Å²) >= 11 is 0. The average molecular weight is 385 g/mol. The fourth-order valence-corrected chi connectivity index (χ4v) is 2.39. The van der Waals surface area contributed by atoms with Gasteiger partial charge in [-0.1, -0.05) is 12.1 Å². The number of nitrogens with one attached hydrogen (secondary N) is 2. The molecule has 0 saturated heterocycles. The molecule has 4 N–H and O–H groups in total. The van der Waals surface area contributed by atoms with E-state index in [4.69, 9.17) is 9.88 Å². The molecule has 0 fully saturated rings. The van der Waals surface area contributed by atoms with Crippen LogP contribution in [-0.2, 0) is 26.1 Å². The Morgan fingerprint density at radius 1 is 1.23 bits per heavy atom. The maximum Gasteiger partial charge on any atom is 0.241 e. The van der Waals surface area contributed by atoms with E-state index in [-0.39, 0.29) is 17.3 Å². The third kappa shape index (κ3) is 8.28. The van der Waals surface area contributed by atoms with Gasteiger partial charge in [0.25, 0.3) is 0 Å². The van der Waals surface area contributed by atoms with E-state index in [1.165, 1.54) is 17.0 Å². The number of aliphatic imine (C=N–C) groups is 1. The monoisotopic (exact) mass is 385 g/mol. The van der Waals surface area contributed by atoms with E-state index in [1.54, 1.807) is 33.3 Å². The van der Waals surface area contributed by atoms with Gasteiger partial charge < -0.3 is 20.3 Å². The van der Waals surface area contributed by atoms with Crippen LogP contribution in [0.15, 0.2) is 34.2 Å². The predicted octanol–water partition coefficient (Wildman–Crippen LogP) is -0.506. The van der Waals surface area contributed by atoms with Gasteiger partial charge in [-0.15, -0.1) is 0 Å². The van der Waals surface area contributed by atoms with E-state index < -0.39 is 10.0 Å². The van der Waals surface area contributed by atoms with E-state index in [0.717, 1.165) is 12.0 Å². The normalized spacial score (nSPS) is 11.9. The van der Waals surface area contributed by atoms with Gasteiger partial charge in [0.15, 0.2) is 5.96 Å². The Kier molecular flexibility index (Phi) is 9.03. The first-order valence-corrected chi connectivity index (χ1v) is 9.61. The van der Waals surface area contributed by atoms with Crippen molar-refractivity contribution in [3.05, 3.63) is 29.8 Å². The Hall–Kier alpha value is -2.17. The summed E-state index contributed by atoms with van der Waals surface area (Å²) in [6, 6.07) is 6.18. The van der Waals surface area contributed by atoms with Crippen LogP contribution >= 0.6 is 0 Å². The summed E-state index contributed by atoms with van der Waals surface area (Å²) in [6.45, 7) is 1.69. The van der Waals surface area contributed by atoms with Gasteiger partial charge in [-0.3, -0.25) is 4.79 Å². The zero-order valence-corrected chi connectivity index (χ0v) is 16.2. The second-order valence-corrected chi connectivity index (χ2v) is 7.33. The fraction of sp³-hybridized carbons (Fsp3) is 0.500. The number of nitrogens with two attached hydrogens (primary N) is 1. The number of rotatable bonds is 9. The van der Waals surface area contributed by atoms with Crippen molar-refractivity contribution in [3.63, 3.8) is 0 Å². The molecule has 0 atom stereocenters. The standard InChI is InChI=1S/C16H27N5O4S/c1-21(2)15(22)12-20-16(18-9-4-10-25-3)19-11-13-5-7-14(8-6-13)26(17,23)24/h5-8H,4,9-12H2,1-3H3,(H2,17,23,24)(H2,18,19,20). The molecule has 0 saturated carbocycles. The molecule has 1 rings (SSSR count). The minimum atomic E-state index is -3.71. The Balaban J connectivity index is 2.72. The predicted molar refractivity (Wildman–Crippen MR) is 100 cm³/mol. The molecule has 0 spiro atoms. The van der Waals surface area contributed by atoms with E-state index in [0.29, 0.717) is 25.7 Å². The lowest BCUT2D eigenvalue weighted by Crippen LogP contribution is -2.43. The highest BCUT2D eigenvalue weighted by Crippen LogP contribution is 2.09. The summed E-state index contributed by atoms with van der Waals surface area (Å²) in [4.78, 5) is 17.7. The van der Waals surface area contributed by atoms with Crippen LogP contribution in [0.5, 0.6) is 0 Å². The molecule has 0 aromatic heterocycles. The lowest BCUT2D eigenvalue weighted by molar-refractivity contribution is -0.127. The molecule has 0 radical (unpaired) electrons. The van der Waals surface area contributed by atoms with E-state index in [1.807, 2.05) is 0 Å². The molecule has 0 aliphatic heterocycles.